The van der Waals surface area contributed by atoms with Crippen molar-refractivity contribution in [3.63, 3.8) is 0 Å². The van der Waals surface area contributed by atoms with Gasteiger partial charge in [-0.25, -0.2) is 4.79 Å². The van der Waals surface area contributed by atoms with Crippen molar-refractivity contribution in [2.75, 3.05) is 6.61 Å². The van der Waals surface area contributed by atoms with Gasteiger partial charge in [0.15, 0.2) is 5.11 Å². The van der Waals surface area contributed by atoms with Crippen LogP contribution in [-0.4, -0.2) is 28.2 Å². The van der Waals surface area contributed by atoms with E-state index in [1.54, 1.807) is 17.7 Å². The highest BCUT2D eigenvalue weighted by Crippen LogP contribution is 2.34. The molecule has 2 N–H and O–H groups in total. The van der Waals surface area contributed by atoms with Gasteiger partial charge in [-0.3, -0.25) is 9.36 Å². The third-order valence-corrected chi connectivity index (χ3v) is 4.65. The molecule has 1 aromatic heterocycles. The normalized spacial score (nSPS) is 17.1. The van der Waals surface area contributed by atoms with Crippen molar-refractivity contribution in [2.24, 2.45) is 5.92 Å². The van der Waals surface area contributed by atoms with Crippen molar-refractivity contribution in [1.82, 2.24) is 15.2 Å². The first-order chi connectivity index (χ1) is 12.8. The van der Waals surface area contributed by atoms with Gasteiger partial charge in [0, 0.05) is 29.8 Å². The number of ether oxygens (including phenoxy) is 1. The predicted molar refractivity (Wildman–Crippen MR) is 108 cm³/mol. The van der Waals surface area contributed by atoms with Gasteiger partial charge in [-0.05, 0) is 31.1 Å². The van der Waals surface area contributed by atoms with Crippen LogP contribution in [0, 0.1) is 5.92 Å². The highest BCUT2D eigenvalue weighted by molar-refractivity contribution is 7.80. The SMILES string of the molecule is CC(=O)n1cc(C2NC(=S)NC(C)=C2C(=O)OCC(C)C)c2ccccc21. The topological polar surface area (TPSA) is 72.4 Å². The summed E-state index contributed by atoms with van der Waals surface area (Å²) in [6.45, 7) is 7.62. The van der Waals surface area contributed by atoms with Crippen molar-refractivity contribution in [1.29, 1.82) is 0 Å². The molecule has 1 unspecified atom stereocenters. The molecule has 142 valence electrons. The lowest BCUT2D eigenvalue weighted by Gasteiger charge is -2.29. The Kier molecular flexibility index (Phi) is 5.32. The van der Waals surface area contributed by atoms with Gasteiger partial charge in [-0.15, -0.1) is 0 Å². The van der Waals surface area contributed by atoms with Crippen molar-refractivity contribution < 1.29 is 14.3 Å². The maximum atomic E-state index is 12.8. The minimum atomic E-state index is -0.496. The molecule has 3 rings (SSSR count). The molecule has 0 spiro atoms. The second-order valence-electron chi connectivity index (χ2n) is 7.05. The quantitative estimate of drug-likeness (QED) is 0.622. The van der Waals surface area contributed by atoms with E-state index in [-0.39, 0.29) is 11.8 Å². The summed E-state index contributed by atoms with van der Waals surface area (Å²) in [6.07, 6.45) is 1.77. The van der Waals surface area contributed by atoms with Gasteiger partial charge >= 0.3 is 5.97 Å². The molecule has 2 aromatic rings. The zero-order valence-electron chi connectivity index (χ0n) is 15.8. The van der Waals surface area contributed by atoms with Crippen LogP contribution in [0.15, 0.2) is 41.7 Å². The Morgan fingerprint density at radius 2 is 2.00 bits per heavy atom. The summed E-state index contributed by atoms with van der Waals surface area (Å²) in [5, 5.41) is 7.48. The van der Waals surface area contributed by atoms with Crippen LogP contribution in [0.3, 0.4) is 0 Å². The maximum absolute atomic E-state index is 12.8. The molecule has 0 saturated heterocycles. The molecule has 0 bridgehead atoms. The highest BCUT2D eigenvalue weighted by atomic mass is 32.1. The van der Waals surface area contributed by atoms with E-state index in [9.17, 15) is 9.59 Å². The van der Waals surface area contributed by atoms with E-state index in [1.807, 2.05) is 38.1 Å². The average Bonchev–Trinajstić information content (AvgIpc) is 2.99. The number of carbonyl (C=O) groups is 2. The molecule has 6 nitrogen and oxygen atoms in total. The average molecular weight is 385 g/mol. The second kappa shape index (κ2) is 7.52. The van der Waals surface area contributed by atoms with Crippen LogP contribution in [0.25, 0.3) is 10.9 Å². The summed E-state index contributed by atoms with van der Waals surface area (Å²) in [6, 6.07) is 7.11. The Labute approximate surface area is 163 Å². The molecular weight excluding hydrogens is 362 g/mol. The molecule has 0 radical (unpaired) electrons. The predicted octanol–water partition coefficient (Wildman–Crippen LogP) is 3.29. The van der Waals surface area contributed by atoms with Gasteiger partial charge in [0.05, 0.1) is 23.7 Å². The molecule has 1 aliphatic heterocycles. The van der Waals surface area contributed by atoms with Crippen LogP contribution in [0.4, 0.5) is 0 Å². The van der Waals surface area contributed by atoms with E-state index < -0.39 is 12.0 Å². The largest absolute Gasteiger partial charge is 0.462 e. The first-order valence-corrected chi connectivity index (χ1v) is 9.26. The number of benzene rings is 1. The number of hydrogen-bond donors (Lipinski definition) is 2. The second-order valence-corrected chi connectivity index (χ2v) is 7.46. The summed E-state index contributed by atoms with van der Waals surface area (Å²) < 4.78 is 7.06. The van der Waals surface area contributed by atoms with Gasteiger partial charge in [0.1, 0.15) is 0 Å². The molecule has 27 heavy (non-hydrogen) atoms. The number of hydrogen-bond acceptors (Lipinski definition) is 4. The Balaban J connectivity index is 2.12. The fourth-order valence-corrected chi connectivity index (χ4v) is 3.49. The zero-order chi connectivity index (χ0) is 19.7. The molecule has 0 aliphatic carbocycles. The smallest absolute Gasteiger partial charge is 0.338 e. The van der Waals surface area contributed by atoms with Gasteiger partial charge < -0.3 is 15.4 Å². The molecule has 0 amide bonds. The number of nitrogens with zero attached hydrogens (tertiary/aromatic N) is 1. The number of aromatic nitrogens is 1. The van der Waals surface area contributed by atoms with Crippen molar-refractivity contribution >= 4 is 40.1 Å². The number of nitrogens with one attached hydrogen (secondary N) is 2. The summed E-state index contributed by atoms with van der Waals surface area (Å²) in [4.78, 5) is 24.9. The van der Waals surface area contributed by atoms with E-state index in [1.165, 1.54) is 6.92 Å². The van der Waals surface area contributed by atoms with E-state index in [2.05, 4.69) is 10.6 Å². The molecule has 0 fully saturated rings. The minimum Gasteiger partial charge on any atom is -0.462 e. The Bertz CT molecular complexity index is 959. The summed E-state index contributed by atoms with van der Waals surface area (Å²) in [7, 11) is 0. The van der Waals surface area contributed by atoms with Gasteiger partial charge in [-0.2, -0.15) is 0 Å². The van der Waals surface area contributed by atoms with Crippen molar-refractivity contribution in [2.45, 2.75) is 33.7 Å². The van der Waals surface area contributed by atoms with Gasteiger partial charge in [0.25, 0.3) is 0 Å². The third kappa shape index (κ3) is 3.73. The molecular formula is C20H23N3O3S. The molecule has 7 heteroatoms. The summed E-state index contributed by atoms with van der Waals surface area (Å²) in [5.74, 6) is -0.259. The minimum absolute atomic E-state index is 0.0985. The number of para-hydroxylation sites is 1. The standard InChI is InChI=1S/C20H23N3O3S/c1-11(2)10-26-19(25)17-12(3)21-20(27)22-18(17)15-9-23(13(4)24)16-8-6-5-7-14(15)16/h5-9,11,18H,10H2,1-4H3,(H2,21,22,27). The fourth-order valence-electron chi connectivity index (χ4n) is 3.21. The number of thiocarbonyl (C=S) groups is 1. The van der Waals surface area contributed by atoms with E-state index in [0.717, 1.165) is 16.5 Å². The van der Waals surface area contributed by atoms with Crippen LogP contribution >= 0.6 is 12.2 Å². The Hall–Kier alpha value is -2.67. The lowest BCUT2D eigenvalue weighted by atomic mass is 9.95. The Morgan fingerprint density at radius 1 is 1.30 bits per heavy atom. The van der Waals surface area contributed by atoms with E-state index in [4.69, 9.17) is 17.0 Å². The first-order valence-electron chi connectivity index (χ1n) is 8.86. The molecule has 1 aromatic carbocycles. The summed E-state index contributed by atoms with van der Waals surface area (Å²) >= 11 is 5.30. The number of fused-ring (bicyclic) bond motifs is 1. The van der Waals surface area contributed by atoms with Crippen LogP contribution < -0.4 is 10.6 Å². The molecule has 1 aliphatic rings. The van der Waals surface area contributed by atoms with E-state index >= 15 is 0 Å². The molecule has 1 atom stereocenters. The number of allylic oxidation sites excluding steroid dienone is 1. The first kappa shape index (κ1) is 19.1. The number of rotatable bonds is 4. The monoisotopic (exact) mass is 385 g/mol. The molecule has 2 heterocycles. The number of carbonyl (C=O) groups excluding carboxylic acids is 2. The highest BCUT2D eigenvalue weighted by Gasteiger charge is 2.33. The van der Waals surface area contributed by atoms with E-state index in [0.29, 0.717) is 23.0 Å². The third-order valence-electron chi connectivity index (χ3n) is 4.43. The lowest BCUT2D eigenvalue weighted by Crippen LogP contribution is -2.45. The van der Waals surface area contributed by atoms with Crippen molar-refractivity contribution in [3.05, 3.63) is 47.3 Å². The summed E-state index contributed by atoms with van der Waals surface area (Å²) in [5.41, 5.74) is 2.71. The van der Waals surface area contributed by atoms with Gasteiger partial charge in [0.2, 0.25) is 5.91 Å². The van der Waals surface area contributed by atoms with Crippen LogP contribution in [0.5, 0.6) is 0 Å². The van der Waals surface area contributed by atoms with Crippen molar-refractivity contribution in [3.8, 4) is 0 Å². The molecule has 0 saturated carbocycles. The maximum Gasteiger partial charge on any atom is 0.338 e. The van der Waals surface area contributed by atoms with Crippen LogP contribution in [-0.2, 0) is 9.53 Å². The fraction of sp³-hybridized carbons (Fsp3) is 0.350. The van der Waals surface area contributed by atoms with Crippen LogP contribution in [0.1, 0.15) is 44.1 Å². The van der Waals surface area contributed by atoms with Gasteiger partial charge in [-0.1, -0.05) is 32.0 Å². The van der Waals surface area contributed by atoms with Crippen LogP contribution in [0.2, 0.25) is 0 Å². The zero-order valence-corrected chi connectivity index (χ0v) is 16.6. The Morgan fingerprint density at radius 3 is 2.67 bits per heavy atom. The number of esters is 1. The lowest BCUT2D eigenvalue weighted by molar-refractivity contribution is -0.140.